The second kappa shape index (κ2) is 5.67. The molecule has 0 radical (unpaired) electrons. The Morgan fingerprint density at radius 1 is 1.31 bits per heavy atom. The van der Waals surface area contributed by atoms with Crippen LogP contribution < -0.4 is 0 Å². The Bertz CT molecular complexity index is 209. The third-order valence-corrected chi connectivity index (χ3v) is 1.44. The molecule has 2 nitrogen and oxygen atoms in total. The van der Waals surface area contributed by atoms with Crippen LogP contribution in [0.5, 0.6) is 0 Å². The Hall–Kier alpha value is -0.930. The summed E-state index contributed by atoms with van der Waals surface area (Å²) in [6.07, 6.45) is 2.52. The first-order valence-corrected chi connectivity index (χ1v) is 4.42. The lowest BCUT2D eigenvalue weighted by molar-refractivity contribution is 0.0700. The van der Waals surface area contributed by atoms with Gasteiger partial charge in [-0.3, -0.25) is 4.57 Å². The van der Waals surface area contributed by atoms with Crippen LogP contribution in [-0.2, 0) is 0 Å². The summed E-state index contributed by atoms with van der Waals surface area (Å²) in [4.78, 5) is 3.82. The van der Waals surface area contributed by atoms with E-state index < -0.39 is 6.55 Å². The molecule has 0 aliphatic carbocycles. The molecular weight excluding hydrogens is 174 g/mol. The maximum absolute atomic E-state index is 12.0. The number of rotatable bonds is 2. The molecule has 0 unspecified atom stereocenters. The van der Waals surface area contributed by atoms with Crippen molar-refractivity contribution in [3.8, 4) is 0 Å². The predicted octanol–water partition coefficient (Wildman–Crippen LogP) is 3.43. The molecule has 0 amide bonds. The molecule has 0 N–H and O–H groups in total. The van der Waals surface area contributed by atoms with Gasteiger partial charge in [-0.1, -0.05) is 27.7 Å². The van der Waals surface area contributed by atoms with E-state index in [0.29, 0.717) is 5.69 Å². The molecule has 0 saturated heterocycles. The third kappa shape index (κ3) is 3.53. The Labute approximate surface area is 77.6 Å². The fourth-order valence-corrected chi connectivity index (χ4v) is 0.758. The summed E-state index contributed by atoms with van der Waals surface area (Å²) in [7, 11) is 0. The van der Waals surface area contributed by atoms with Gasteiger partial charge in [-0.25, -0.2) is 4.98 Å². The van der Waals surface area contributed by atoms with E-state index in [1.807, 2.05) is 27.7 Å². The van der Waals surface area contributed by atoms with E-state index in [9.17, 15) is 8.78 Å². The second-order valence-corrected chi connectivity index (χ2v) is 2.68. The molecule has 0 bridgehead atoms. The van der Waals surface area contributed by atoms with Crippen LogP contribution in [0, 0.1) is 0 Å². The maximum Gasteiger partial charge on any atom is 0.319 e. The van der Waals surface area contributed by atoms with E-state index in [-0.39, 0.29) is 5.92 Å². The van der Waals surface area contributed by atoms with Gasteiger partial charge in [0.25, 0.3) is 0 Å². The Morgan fingerprint density at radius 2 is 1.85 bits per heavy atom. The van der Waals surface area contributed by atoms with Crippen molar-refractivity contribution < 1.29 is 8.78 Å². The lowest BCUT2D eigenvalue weighted by Crippen LogP contribution is -1.93. The van der Waals surface area contributed by atoms with Crippen molar-refractivity contribution in [1.82, 2.24) is 9.55 Å². The first-order chi connectivity index (χ1) is 6.11. The molecule has 1 aromatic rings. The molecular formula is C9H16F2N2. The monoisotopic (exact) mass is 190 g/mol. The van der Waals surface area contributed by atoms with E-state index in [1.165, 1.54) is 6.20 Å². The summed E-state index contributed by atoms with van der Waals surface area (Å²) in [5, 5.41) is 0. The van der Waals surface area contributed by atoms with Crippen molar-refractivity contribution in [2.24, 2.45) is 0 Å². The van der Waals surface area contributed by atoms with Crippen LogP contribution in [0.1, 0.15) is 45.9 Å². The first kappa shape index (κ1) is 12.1. The van der Waals surface area contributed by atoms with Crippen LogP contribution in [0.3, 0.4) is 0 Å². The highest BCUT2D eigenvalue weighted by molar-refractivity contribution is 5.01. The minimum Gasteiger partial charge on any atom is -0.280 e. The highest BCUT2D eigenvalue weighted by Gasteiger charge is 2.08. The van der Waals surface area contributed by atoms with Crippen LogP contribution in [0.2, 0.25) is 0 Å². The molecule has 0 aliphatic rings. The zero-order valence-corrected chi connectivity index (χ0v) is 8.46. The summed E-state index contributed by atoms with van der Waals surface area (Å²) >= 11 is 0. The lowest BCUT2D eigenvalue weighted by Gasteiger charge is -1.98. The quantitative estimate of drug-likeness (QED) is 0.698. The van der Waals surface area contributed by atoms with E-state index in [0.717, 1.165) is 10.9 Å². The normalized spacial score (nSPS) is 10.2. The number of imidazole rings is 1. The van der Waals surface area contributed by atoms with Crippen LogP contribution >= 0.6 is 0 Å². The fourth-order valence-electron chi connectivity index (χ4n) is 0.758. The third-order valence-electron chi connectivity index (χ3n) is 1.44. The van der Waals surface area contributed by atoms with Gasteiger partial charge < -0.3 is 0 Å². The van der Waals surface area contributed by atoms with Crippen molar-refractivity contribution in [2.75, 3.05) is 0 Å². The van der Waals surface area contributed by atoms with E-state index in [2.05, 4.69) is 4.98 Å². The van der Waals surface area contributed by atoms with E-state index in [1.54, 1.807) is 0 Å². The fraction of sp³-hybridized carbons (Fsp3) is 0.667. The molecule has 0 aliphatic heterocycles. The van der Waals surface area contributed by atoms with Gasteiger partial charge in [-0.05, 0) is 5.92 Å². The van der Waals surface area contributed by atoms with Crippen LogP contribution in [0.15, 0.2) is 12.5 Å². The summed E-state index contributed by atoms with van der Waals surface area (Å²) in [6.45, 7) is 5.35. The maximum atomic E-state index is 12.0. The number of hydrogen-bond donors (Lipinski definition) is 0. The standard InChI is InChI=1S/C7H10F2N2.C2H6/c1-5(2)6-3-11(4-10-6)7(8)9;1-2/h3-5,7H,1-2H3;1-2H3. The van der Waals surface area contributed by atoms with Gasteiger partial charge in [-0.2, -0.15) is 8.78 Å². The summed E-state index contributed by atoms with van der Waals surface area (Å²) in [5.41, 5.74) is 0.699. The highest BCUT2D eigenvalue weighted by Crippen LogP contribution is 2.15. The minimum atomic E-state index is -2.48. The first-order valence-electron chi connectivity index (χ1n) is 4.42. The van der Waals surface area contributed by atoms with Crippen LogP contribution in [0.25, 0.3) is 0 Å². The Kier molecular flexibility index (Phi) is 5.26. The molecule has 0 aromatic carbocycles. The van der Waals surface area contributed by atoms with Gasteiger partial charge in [0, 0.05) is 6.20 Å². The molecule has 1 aromatic heterocycles. The minimum absolute atomic E-state index is 0.204. The highest BCUT2D eigenvalue weighted by atomic mass is 19.3. The van der Waals surface area contributed by atoms with Crippen molar-refractivity contribution in [1.29, 1.82) is 0 Å². The molecule has 76 valence electrons. The van der Waals surface area contributed by atoms with Gasteiger partial charge in [0.2, 0.25) is 0 Å². The molecule has 0 saturated carbocycles. The van der Waals surface area contributed by atoms with Gasteiger partial charge in [-0.15, -0.1) is 0 Å². The van der Waals surface area contributed by atoms with Crippen LogP contribution in [-0.4, -0.2) is 9.55 Å². The van der Waals surface area contributed by atoms with Crippen molar-refractivity contribution in [2.45, 2.75) is 40.2 Å². The van der Waals surface area contributed by atoms with Gasteiger partial charge in [0.05, 0.1) is 12.0 Å². The van der Waals surface area contributed by atoms with Gasteiger partial charge in [0.15, 0.2) is 0 Å². The lowest BCUT2D eigenvalue weighted by atomic mass is 10.2. The largest absolute Gasteiger partial charge is 0.319 e. The molecule has 13 heavy (non-hydrogen) atoms. The Balaban J connectivity index is 0.000000671. The van der Waals surface area contributed by atoms with Crippen molar-refractivity contribution >= 4 is 0 Å². The number of alkyl halides is 2. The molecule has 0 spiro atoms. The molecule has 1 heterocycles. The smallest absolute Gasteiger partial charge is 0.280 e. The zero-order chi connectivity index (χ0) is 10.4. The van der Waals surface area contributed by atoms with E-state index in [4.69, 9.17) is 0 Å². The second-order valence-electron chi connectivity index (χ2n) is 2.68. The molecule has 0 fully saturated rings. The van der Waals surface area contributed by atoms with Crippen molar-refractivity contribution in [3.05, 3.63) is 18.2 Å². The van der Waals surface area contributed by atoms with Crippen molar-refractivity contribution in [3.63, 3.8) is 0 Å². The average molecular weight is 190 g/mol. The van der Waals surface area contributed by atoms with Crippen LogP contribution in [0.4, 0.5) is 8.78 Å². The zero-order valence-electron chi connectivity index (χ0n) is 8.46. The average Bonchev–Trinajstić information content (AvgIpc) is 2.56. The summed E-state index contributed by atoms with van der Waals surface area (Å²) < 4.78 is 24.7. The van der Waals surface area contributed by atoms with E-state index >= 15 is 0 Å². The molecule has 4 heteroatoms. The number of halogens is 2. The Morgan fingerprint density at radius 3 is 2.08 bits per heavy atom. The summed E-state index contributed by atoms with van der Waals surface area (Å²) in [5.74, 6) is 0.204. The number of hydrogen-bond acceptors (Lipinski definition) is 1. The number of nitrogens with zero attached hydrogens (tertiary/aromatic N) is 2. The number of aromatic nitrogens is 2. The predicted molar refractivity (Wildman–Crippen MR) is 48.9 cm³/mol. The topological polar surface area (TPSA) is 17.8 Å². The van der Waals surface area contributed by atoms with Gasteiger partial charge in [0.1, 0.15) is 0 Å². The molecule has 0 atom stereocenters. The summed E-state index contributed by atoms with van der Waals surface area (Å²) in [6, 6.07) is 0. The van der Waals surface area contributed by atoms with Gasteiger partial charge >= 0.3 is 6.55 Å². The molecule has 1 rings (SSSR count). The SMILES string of the molecule is CC.CC(C)c1cn(C(F)F)cn1.